The molecule has 1 atom stereocenters. The van der Waals surface area contributed by atoms with Gasteiger partial charge in [-0.2, -0.15) is 0 Å². The molecule has 1 aliphatic rings. The lowest BCUT2D eigenvalue weighted by Gasteiger charge is -2.24. The molecule has 1 aliphatic heterocycles. The first-order valence-corrected chi connectivity index (χ1v) is 6.11. The summed E-state index contributed by atoms with van der Waals surface area (Å²) in [4.78, 5) is 11.2. The van der Waals surface area contributed by atoms with Gasteiger partial charge in [-0.05, 0) is 25.1 Å². The Morgan fingerprint density at radius 3 is 2.35 bits per heavy atom. The second-order valence-corrected chi connectivity index (χ2v) is 4.49. The van der Waals surface area contributed by atoms with Crippen LogP contribution in [0.25, 0.3) is 0 Å². The Morgan fingerprint density at radius 1 is 1.05 bits per heavy atom. The van der Waals surface area contributed by atoms with Gasteiger partial charge in [-0.15, -0.1) is 0 Å². The number of ether oxygens (including phenoxy) is 2. The number of rotatable bonds is 2. The zero-order chi connectivity index (χ0) is 14.3. The van der Waals surface area contributed by atoms with E-state index in [9.17, 15) is 15.0 Å². The van der Waals surface area contributed by atoms with Crippen molar-refractivity contribution < 1.29 is 24.5 Å². The van der Waals surface area contributed by atoms with E-state index in [1.165, 1.54) is 6.07 Å². The molecule has 3 rings (SSSR count). The predicted molar refractivity (Wildman–Crippen MR) is 70.6 cm³/mol. The minimum absolute atomic E-state index is 0.0218. The summed E-state index contributed by atoms with van der Waals surface area (Å²) in [7, 11) is 0. The number of fused-ring (bicyclic) bond motifs is 2. The van der Waals surface area contributed by atoms with Gasteiger partial charge in [0.05, 0.1) is 6.10 Å². The van der Waals surface area contributed by atoms with Gasteiger partial charge >= 0.3 is 5.97 Å². The third-order valence-corrected chi connectivity index (χ3v) is 3.09. The Morgan fingerprint density at radius 2 is 1.70 bits per heavy atom. The largest absolute Gasteiger partial charge is 0.478 e. The molecule has 0 amide bonds. The number of aromatic carboxylic acids is 1. The number of hydrogen-bond acceptors (Lipinski definition) is 4. The molecule has 20 heavy (non-hydrogen) atoms. The number of carboxylic acid groups (broad SMARTS) is 1. The van der Waals surface area contributed by atoms with E-state index in [0.29, 0.717) is 22.8 Å². The van der Waals surface area contributed by atoms with Gasteiger partial charge in [0.25, 0.3) is 0 Å². The molecule has 2 aromatic rings. The molecule has 0 aliphatic carbocycles. The lowest BCUT2D eigenvalue weighted by molar-refractivity contribution is 0.0693. The van der Waals surface area contributed by atoms with Crippen LogP contribution >= 0.6 is 0 Å². The summed E-state index contributed by atoms with van der Waals surface area (Å²) in [5.74, 6) is 0.214. The lowest BCUT2D eigenvalue weighted by Crippen LogP contribution is -2.08. The third-order valence-electron chi connectivity index (χ3n) is 3.09. The molecule has 1 heterocycles. The van der Waals surface area contributed by atoms with Crippen molar-refractivity contribution in [3.8, 4) is 23.0 Å². The van der Waals surface area contributed by atoms with E-state index in [4.69, 9.17) is 9.47 Å². The van der Waals surface area contributed by atoms with Gasteiger partial charge in [0.15, 0.2) is 23.0 Å². The summed E-state index contributed by atoms with van der Waals surface area (Å²) >= 11 is 0. The molecule has 0 bridgehead atoms. The number of carbonyl (C=O) groups is 1. The summed E-state index contributed by atoms with van der Waals surface area (Å²) in [6.07, 6.45) is -0.743. The molecule has 0 saturated heterocycles. The Hall–Kier alpha value is -2.53. The van der Waals surface area contributed by atoms with Crippen LogP contribution in [0.1, 0.15) is 28.9 Å². The van der Waals surface area contributed by atoms with Crippen molar-refractivity contribution in [3.63, 3.8) is 0 Å². The van der Waals surface area contributed by atoms with Crippen LogP contribution in [-0.4, -0.2) is 16.2 Å². The van der Waals surface area contributed by atoms with Crippen molar-refractivity contribution >= 4 is 5.97 Å². The maximum atomic E-state index is 11.2. The number of aliphatic hydroxyl groups is 1. The molecule has 0 radical (unpaired) electrons. The molecule has 5 nitrogen and oxygen atoms in total. The highest BCUT2D eigenvalue weighted by Crippen LogP contribution is 2.49. The van der Waals surface area contributed by atoms with Crippen molar-refractivity contribution in [2.75, 3.05) is 0 Å². The fourth-order valence-electron chi connectivity index (χ4n) is 2.14. The highest BCUT2D eigenvalue weighted by Gasteiger charge is 2.27. The number of hydrogen-bond donors (Lipinski definition) is 2. The molecule has 1 unspecified atom stereocenters. The van der Waals surface area contributed by atoms with Crippen LogP contribution in [-0.2, 0) is 0 Å². The SMILES string of the molecule is CC(O)c1cccc2c1Oc1c(cccc1C(=O)O)O2. The lowest BCUT2D eigenvalue weighted by atomic mass is 10.1. The minimum Gasteiger partial charge on any atom is -0.478 e. The summed E-state index contributed by atoms with van der Waals surface area (Å²) in [6.45, 7) is 1.61. The van der Waals surface area contributed by atoms with Crippen LogP contribution in [0.3, 0.4) is 0 Å². The second-order valence-electron chi connectivity index (χ2n) is 4.49. The molecule has 2 aromatic carbocycles. The second kappa shape index (κ2) is 4.54. The number of para-hydroxylation sites is 2. The molecular formula is C15H12O5. The molecule has 102 valence electrons. The van der Waals surface area contributed by atoms with E-state index < -0.39 is 12.1 Å². The predicted octanol–water partition coefficient (Wildman–Crippen LogP) is 3.34. The zero-order valence-corrected chi connectivity index (χ0v) is 10.7. The van der Waals surface area contributed by atoms with Gasteiger partial charge in [-0.3, -0.25) is 0 Å². The molecule has 0 saturated carbocycles. The van der Waals surface area contributed by atoms with Crippen molar-refractivity contribution in [3.05, 3.63) is 47.5 Å². The highest BCUT2D eigenvalue weighted by molar-refractivity contribution is 5.92. The van der Waals surface area contributed by atoms with E-state index in [1.54, 1.807) is 37.3 Å². The maximum absolute atomic E-state index is 11.2. The van der Waals surface area contributed by atoms with E-state index in [-0.39, 0.29) is 11.3 Å². The topological polar surface area (TPSA) is 76.0 Å². The Bertz CT molecular complexity index is 691. The van der Waals surface area contributed by atoms with E-state index in [0.717, 1.165) is 0 Å². The van der Waals surface area contributed by atoms with Gasteiger partial charge in [0.2, 0.25) is 0 Å². The number of aliphatic hydroxyl groups excluding tert-OH is 1. The fraction of sp³-hybridized carbons (Fsp3) is 0.133. The average Bonchev–Trinajstić information content (AvgIpc) is 2.43. The molecular weight excluding hydrogens is 260 g/mol. The van der Waals surface area contributed by atoms with Gasteiger partial charge < -0.3 is 19.7 Å². The first kappa shape index (κ1) is 12.5. The summed E-state index contributed by atoms with van der Waals surface area (Å²) in [5.41, 5.74) is 0.571. The monoisotopic (exact) mass is 272 g/mol. The zero-order valence-electron chi connectivity index (χ0n) is 10.7. The van der Waals surface area contributed by atoms with Crippen LogP contribution in [0.5, 0.6) is 23.0 Å². The van der Waals surface area contributed by atoms with Gasteiger partial charge in [-0.25, -0.2) is 4.79 Å². The molecule has 0 fully saturated rings. The summed E-state index contributed by atoms with van der Waals surface area (Å²) in [6, 6.07) is 9.84. The Balaban J connectivity index is 2.15. The normalized spacial score (nSPS) is 13.5. The fourth-order valence-corrected chi connectivity index (χ4v) is 2.14. The van der Waals surface area contributed by atoms with Crippen molar-refractivity contribution in [2.45, 2.75) is 13.0 Å². The van der Waals surface area contributed by atoms with Crippen LogP contribution < -0.4 is 9.47 Å². The Labute approximate surface area is 115 Å². The number of carboxylic acids is 1. The maximum Gasteiger partial charge on any atom is 0.339 e. The van der Waals surface area contributed by atoms with Gasteiger partial charge in [0, 0.05) is 5.56 Å². The highest BCUT2D eigenvalue weighted by atomic mass is 16.6. The Kier molecular flexibility index (Phi) is 2.84. The van der Waals surface area contributed by atoms with Crippen molar-refractivity contribution in [1.82, 2.24) is 0 Å². The smallest absolute Gasteiger partial charge is 0.339 e. The van der Waals surface area contributed by atoms with E-state index >= 15 is 0 Å². The van der Waals surface area contributed by atoms with Crippen LogP contribution in [0.4, 0.5) is 0 Å². The molecule has 5 heteroatoms. The van der Waals surface area contributed by atoms with Crippen molar-refractivity contribution in [1.29, 1.82) is 0 Å². The van der Waals surface area contributed by atoms with E-state index in [1.807, 2.05) is 0 Å². The van der Waals surface area contributed by atoms with Gasteiger partial charge in [0.1, 0.15) is 5.56 Å². The molecule has 0 aromatic heterocycles. The molecule has 0 spiro atoms. The van der Waals surface area contributed by atoms with Crippen LogP contribution in [0, 0.1) is 0 Å². The van der Waals surface area contributed by atoms with Crippen LogP contribution in [0.2, 0.25) is 0 Å². The van der Waals surface area contributed by atoms with Crippen molar-refractivity contribution in [2.24, 2.45) is 0 Å². The quantitative estimate of drug-likeness (QED) is 0.748. The van der Waals surface area contributed by atoms with Crippen LogP contribution in [0.15, 0.2) is 36.4 Å². The first-order chi connectivity index (χ1) is 9.58. The molecule has 2 N–H and O–H groups in total. The summed E-state index contributed by atoms with van der Waals surface area (Å²) < 4.78 is 11.4. The third kappa shape index (κ3) is 1.88. The van der Waals surface area contributed by atoms with E-state index in [2.05, 4.69) is 0 Å². The number of benzene rings is 2. The van der Waals surface area contributed by atoms with Gasteiger partial charge in [-0.1, -0.05) is 18.2 Å². The standard InChI is InChI=1S/C15H12O5/c1-8(16)9-4-2-6-11-13(9)20-14-10(15(17)18)5-3-7-12(14)19-11/h2-8,16H,1H3,(H,17,18). The summed E-state index contributed by atoms with van der Waals surface area (Å²) in [5, 5.41) is 18.9. The first-order valence-electron chi connectivity index (χ1n) is 6.11. The average molecular weight is 272 g/mol. The minimum atomic E-state index is -1.09.